The van der Waals surface area contributed by atoms with E-state index < -0.39 is 17.9 Å². The number of nitrogens with zero attached hydrogens (tertiary/aromatic N) is 1. The number of aliphatic imine (C=N–C) groups is 1. The average molecular weight is 829 g/mol. The van der Waals surface area contributed by atoms with Crippen molar-refractivity contribution in [2.24, 2.45) is 10.7 Å². The lowest BCUT2D eigenvalue weighted by atomic mass is 10.1. The van der Waals surface area contributed by atoms with Crippen molar-refractivity contribution in [3.05, 3.63) is 0 Å². The van der Waals surface area contributed by atoms with Crippen LogP contribution in [0.1, 0.15) is 38.5 Å². The summed E-state index contributed by atoms with van der Waals surface area (Å²) in [7, 11) is 3.17. The molecule has 0 heterocycles. The van der Waals surface area contributed by atoms with Crippen molar-refractivity contribution >= 4 is 23.6 Å². The van der Waals surface area contributed by atoms with E-state index in [2.05, 4.69) is 15.6 Å². The minimum Gasteiger partial charge on any atom is -0.480 e. The number of carbonyl (C=O) groups is 3. The normalized spacial score (nSPS) is 12.2. The number of guanidine groups is 1. The molecule has 0 aliphatic heterocycles. The number of methoxy groups -OCH3 is 1. The van der Waals surface area contributed by atoms with Gasteiger partial charge in [0.25, 0.3) is 0 Å². The summed E-state index contributed by atoms with van der Waals surface area (Å²) in [6.07, 6.45) is 1.47. The molecule has 0 saturated carbocycles. The highest BCUT2D eigenvalue weighted by Gasteiger charge is 2.19. The second-order valence-electron chi connectivity index (χ2n) is 12.0. The summed E-state index contributed by atoms with van der Waals surface area (Å²) >= 11 is 0. The van der Waals surface area contributed by atoms with Gasteiger partial charge in [-0.1, -0.05) is 0 Å². The van der Waals surface area contributed by atoms with Crippen LogP contribution in [0, 0.1) is 0 Å². The topological polar surface area (TPSA) is 245 Å². The molecule has 20 heteroatoms. The third kappa shape index (κ3) is 42.8. The van der Waals surface area contributed by atoms with Crippen LogP contribution in [0.2, 0.25) is 0 Å². The van der Waals surface area contributed by atoms with Crippen molar-refractivity contribution in [1.82, 2.24) is 10.6 Å². The average Bonchev–Trinajstić information content (AvgIpc) is 3.20. The van der Waals surface area contributed by atoms with Crippen LogP contribution in [-0.4, -0.2) is 207 Å². The van der Waals surface area contributed by atoms with Crippen molar-refractivity contribution in [1.29, 1.82) is 0 Å². The summed E-state index contributed by atoms with van der Waals surface area (Å²) in [6, 6.07) is -1.03. The van der Waals surface area contributed by atoms with Crippen LogP contribution >= 0.6 is 0 Å². The molecule has 20 nitrogen and oxygen atoms in total. The van der Waals surface area contributed by atoms with E-state index in [-0.39, 0.29) is 37.4 Å². The molecule has 0 aliphatic carbocycles. The van der Waals surface area contributed by atoms with Gasteiger partial charge in [-0.15, -0.1) is 0 Å². The SMILES string of the molecule is CN=C(N)NCCC[C@H](NC(=O)CCC(=O)CCCOCCOCCOCCOCCOCCOCCOCCOCCOCCOCCOCCOC)C(=O)O. The van der Waals surface area contributed by atoms with Gasteiger partial charge in [0.2, 0.25) is 5.91 Å². The van der Waals surface area contributed by atoms with Crippen LogP contribution in [0.4, 0.5) is 0 Å². The van der Waals surface area contributed by atoms with Crippen LogP contribution < -0.4 is 16.4 Å². The first-order valence-electron chi connectivity index (χ1n) is 19.7. The second-order valence-corrected chi connectivity index (χ2v) is 12.0. The van der Waals surface area contributed by atoms with E-state index in [0.29, 0.717) is 171 Å². The lowest BCUT2D eigenvalue weighted by Crippen LogP contribution is -2.41. The van der Waals surface area contributed by atoms with Crippen molar-refractivity contribution in [3.63, 3.8) is 0 Å². The first-order valence-corrected chi connectivity index (χ1v) is 19.7. The molecule has 0 aromatic rings. The molecule has 336 valence electrons. The van der Waals surface area contributed by atoms with Crippen molar-refractivity contribution < 1.29 is 76.3 Å². The molecule has 1 amide bonds. The van der Waals surface area contributed by atoms with Crippen LogP contribution in [0.15, 0.2) is 4.99 Å². The Labute approximate surface area is 338 Å². The van der Waals surface area contributed by atoms with Crippen molar-refractivity contribution in [2.75, 3.05) is 173 Å². The molecular weight excluding hydrogens is 756 g/mol. The Balaban J connectivity index is 3.32. The Bertz CT molecular complexity index is 953. The van der Waals surface area contributed by atoms with E-state index in [4.69, 9.17) is 62.6 Å². The van der Waals surface area contributed by atoms with Gasteiger partial charge < -0.3 is 78.3 Å². The molecule has 0 aromatic carbocycles. The highest BCUT2D eigenvalue weighted by atomic mass is 16.6. The molecule has 0 unspecified atom stereocenters. The molecule has 1 atom stereocenters. The van der Waals surface area contributed by atoms with Crippen LogP contribution in [-0.2, 0) is 71.2 Å². The molecule has 0 aliphatic rings. The van der Waals surface area contributed by atoms with Crippen LogP contribution in [0.3, 0.4) is 0 Å². The van der Waals surface area contributed by atoms with E-state index in [1.807, 2.05) is 0 Å². The summed E-state index contributed by atoms with van der Waals surface area (Å²) in [5.74, 6) is -1.43. The quantitative estimate of drug-likeness (QED) is 0.0354. The summed E-state index contributed by atoms with van der Waals surface area (Å²) in [6.45, 7) is 11.5. The standard InChI is InChI=1S/C37H72N4O16/c1-39-37(38)40-9-3-6-34(36(44)45)41-35(43)8-7-33(42)5-4-10-47-13-14-49-17-18-51-21-22-53-25-26-55-29-30-57-32-31-56-28-27-54-24-23-52-20-19-50-16-15-48-12-11-46-2/h34H,3-32H2,1-2H3,(H,41,43)(H,44,45)(H3,38,39,40)/t34-/m0/s1. The summed E-state index contributed by atoms with van der Waals surface area (Å²) in [5, 5.41) is 14.6. The van der Waals surface area contributed by atoms with Gasteiger partial charge in [0, 0.05) is 46.6 Å². The third-order valence-corrected chi connectivity index (χ3v) is 7.38. The molecule has 0 rings (SSSR count). The predicted molar refractivity (Wildman–Crippen MR) is 209 cm³/mol. The van der Waals surface area contributed by atoms with E-state index in [9.17, 15) is 19.5 Å². The third-order valence-electron chi connectivity index (χ3n) is 7.38. The van der Waals surface area contributed by atoms with Gasteiger partial charge >= 0.3 is 5.97 Å². The number of carboxylic acid groups (broad SMARTS) is 1. The van der Waals surface area contributed by atoms with Gasteiger partial charge in [0.05, 0.1) is 145 Å². The zero-order valence-corrected chi connectivity index (χ0v) is 34.4. The maximum Gasteiger partial charge on any atom is 0.326 e. The Morgan fingerprint density at radius 1 is 0.526 bits per heavy atom. The van der Waals surface area contributed by atoms with E-state index in [1.54, 1.807) is 7.11 Å². The predicted octanol–water partition coefficient (Wildman–Crippen LogP) is -0.171. The number of carboxylic acids is 1. The van der Waals surface area contributed by atoms with Gasteiger partial charge in [0.1, 0.15) is 11.8 Å². The maximum atomic E-state index is 12.1. The van der Waals surface area contributed by atoms with Gasteiger partial charge in [-0.3, -0.25) is 14.6 Å². The van der Waals surface area contributed by atoms with E-state index >= 15 is 0 Å². The maximum absolute atomic E-state index is 12.1. The summed E-state index contributed by atoms with van der Waals surface area (Å²) in [5.41, 5.74) is 5.52. The fourth-order valence-electron chi connectivity index (χ4n) is 4.32. The molecule has 0 aromatic heterocycles. The number of ketones is 1. The molecule has 0 saturated heterocycles. The molecule has 0 radical (unpaired) electrons. The van der Waals surface area contributed by atoms with E-state index in [0.717, 1.165) is 0 Å². The fourth-order valence-corrected chi connectivity index (χ4v) is 4.32. The number of hydrogen-bond donors (Lipinski definition) is 4. The number of Topliss-reactive ketones (excluding diaryl/α,β-unsaturated/α-hetero) is 1. The number of nitrogens with one attached hydrogen (secondary N) is 2. The van der Waals surface area contributed by atoms with Gasteiger partial charge in [-0.25, -0.2) is 4.79 Å². The number of hydrogen-bond acceptors (Lipinski definition) is 16. The molecule has 5 N–H and O–H groups in total. The van der Waals surface area contributed by atoms with Crippen molar-refractivity contribution in [2.45, 2.75) is 44.6 Å². The second kappa shape index (κ2) is 44.5. The minimum atomic E-state index is -1.13. The minimum absolute atomic E-state index is 0.0427. The zero-order valence-electron chi connectivity index (χ0n) is 34.4. The fraction of sp³-hybridized carbons (Fsp3) is 0.892. The molecule has 0 fully saturated rings. The van der Waals surface area contributed by atoms with Gasteiger partial charge in [-0.05, 0) is 19.3 Å². The van der Waals surface area contributed by atoms with Crippen LogP contribution in [0.5, 0.6) is 0 Å². The van der Waals surface area contributed by atoms with E-state index in [1.165, 1.54) is 7.05 Å². The summed E-state index contributed by atoms with van der Waals surface area (Å²) < 4.78 is 64.8. The number of carbonyl (C=O) groups excluding carboxylic acids is 2. The van der Waals surface area contributed by atoms with Crippen LogP contribution in [0.25, 0.3) is 0 Å². The number of ether oxygens (including phenoxy) is 12. The number of aliphatic carboxylic acids is 1. The highest BCUT2D eigenvalue weighted by molar-refractivity contribution is 5.87. The molecule has 0 bridgehead atoms. The Morgan fingerprint density at radius 2 is 0.877 bits per heavy atom. The Morgan fingerprint density at radius 3 is 1.21 bits per heavy atom. The highest BCUT2D eigenvalue weighted by Crippen LogP contribution is 2.03. The summed E-state index contributed by atoms with van der Waals surface area (Å²) in [4.78, 5) is 39.4. The lowest BCUT2D eigenvalue weighted by molar-refractivity contribution is -0.142. The molecular formula is C37H72N4O16. The number of rotatable bonds is 46. The first kappa shape index (κ1) is 54.4. The van der Waals surface area contributed by atoms with Gasteiger partial charge in [-0.2, -0.15) is 0 Å². The number of nitrogens with two attached hydrogens (primary N) is 1. The molecule has 57 heavy (non-hydrogen) atoms. The lowest BCUT2D eigenvalue weighted by Gasteiger charge is -2.14. The molecule has 0 spiro atoms. The van der Waals surface area contributed by atoms with Crippen molar-refractivity contribution in [3.8, 4) is 0 Å². The smallest absolute Gasteiger partial charge is 0.326 e. The Hall–Kier alpha value is -2.60. The zero-order chi connectivity index (χ0) is 41.7. The monoisotopic (exact) mass is 828 g/mol. The van der Waals surface area contributed by atoms with Gasteiger partial charge in [0.15, 0.2) is 5.96 Å². The largest absolute Gasteiger partial charge is 0.480 e. The Kier molecular flexibility index (Phi) is 42.5. The first-order chi connectivity index (χ1) is 27.9. The number of amides is 1.